The minimum absolute atomic E-state index is 0.0157. The molecule has 2 rings (SSSR count). The Balaban J connectivity index is 1.95. The second-order valence-corrected chi connectivity index (χ2v) is 7.87. The van der Waals surface area contributed by atoms with Crippen LogP contribution in [0.25, 0.3) is 0 Å². The van der Waals surface area contributed by atoms with E-state index in [9.17, 15) is 18.0 Å². The maximum absolute atomic E-state index is 12.1. The number of sulfonamides is 1. The molecule has 0 bridgehead atoms. The molecule has 0 saturated heterocycles. The first-order valence-electron chi connectivity index (χ1n) is 8.00. The van der Waals surface area contributed by atoms with Crippen LogP contribution in [0, 0.1) is 0 Å². The Morgan fingerprint density at radius 1 is 1.15 bits per heavy atom. The van der Waals surface area contributed by atoms with E-state index in [0.29, 0.717) is 11.3 Å². The lowest BCUT2D eigenvalue weighted by Crippen LogP contribution is -2.32. The largest absolute Gasteiger partial charge is 0.326 e. The second kappa shape index (κ2) is 8.68. The molecule has 0 atom stereocenters. The third kappa shape index (κ3) is 6.05. The van der Waals surface area contributed by atoms with Crippen LogP contribution in [0.4, 0.5) is 5.69 Å². The van der Waals surface area contributed by atoms with Crippen LogP contribution < -0.4 is 5.32 Å². The van der Waals surface area contributed by atoms with Gasteiger partial charge in [-0.3, -0.25) is 14.6 Å². The smallest absolute Gasteiger partial charge is 0.225 e. The van der Waals surface area contributed by atoms with Gasteiger partial charge in [-0.15, -0.1) is 0 Å². The summed E-state index contributed by atoms with van der Waals surface area (Å²) in [4.78, 5) is 27.3. The average molecular weight is 375 g/mol. The number of amides is 1. The molecule has 0 unspecified atom stereocenters. The van der Waals surface area contributed by atoms with Crippen LogP contribution in [0.15, 0.2) is 48.8 Å². The molecule has 0 saturated carbocycles. The molecule has 0 aliphatic heterocycles. The van der Waals surface area contributed by atoms with Gasteiger partial charge in [0.25, 0.3) is 0 Å². The van der Waals surface area contributed by atoms with E-state index in [1.807, 2.05) is 0 Å². The van der Waals surface area contributed by atoms with Gasteiger partial charge in [-0.1, -0.05) is 6.07 Å². The molecule has 138 valence electrons. The first-order valence-corrected chi connectivity index (χ1v) is 9.85. The predicted octanol–water partition coefficient (Wildman–Crippen LogP) is 2.07. The van der Waals surface area contributed by atoms with Crippen molar-refractivity contribution in [2.45, 2.75) is 19.9 Å². The Hall–Kier alpha value is -2.58. The average Bonchev–Trinajstić information content (AvgIpc) is 2.59. The number of nitrogens with one attached hydrogen (secondary N) is 1. The van der Waals surface area contributed by atoms with E-state index in [2.05, 4.69) is 10.3 Å². The summed E-state index contributed by atoms with van der Waals surface area (Å²) in [6.45, 7) is 1.69. The normalized spacial score (nSPS) is 11.3. The van der Waals surface area contributed by atoms with Gasteiger partial charge in [0.1, 0.15) is 0 Å². The molecule has 0 fully saturated rings. The molecule has 8 heteroatoms. The van der Waals surface area contributed by atoms with Gasteiger partial charge in [0.15, 0.2) is 5.78 Å². The highest BCUT2D eigenvalue weighted by Gasteiger charge is 2.18. The van der Waals surface area contributed by atoms with Crippen LogP contribution in [0.5, 0.6) is 0 Å². The van der Waals surface area contributed by atoms with E-state index in [1.165, 1.54) is 11.2 Å². The zero-order valence-corrected chi connectivity index (χ0v) is 15.5. The highest BCUT2D eigenvalue weighted by atomic mass is 32.2. The van der Waals surface area contributed by atoms with Crippen molar-refractivity contribution in [3.63, 3.8) is 0 Å². The van der Waals surface area contributed by atoms with Gasteiger partial charge in [-0.05, 0) is 42.8 Å². The number of carbonyl (C=O) groups is 2. The van der Waals surface area contributed by atoms with E-state index < -0.39 is 10.0 Å². The fraction of sp³-hybridized carbons (Fsp3) is 0.278. The van der Waals surface area contributed by atoms with Crippen molar-refractivity contribution in [3.8, 4) is 0 Å². The summed E-state index contributed by atoms with van der Waals surface area (Å²) < 4.78 is 25.1. The van der Waals surface area contributed by atoms with E-state index >= 15 is 0 Å². The van der Waals surface area contributed by atoms with E-state index in [4.69, 9.17) is 0 Å². The zero-order valence-electron chi connectivity index (χ0n) is 14.7. The fourth-order valence-corrected chi connectivity index (χ4v) is 3.10. The lowest BCUT2D eigenvalue weighted by atomic mass is 10.1. The standard InChI is InChI=1S/C18H21N3O4S/c1-14(22)16-5-7-17(8-6-16)20-18(23)9-11-21(26(2,24)25)13-15-4-3-10-19-12-15/h3-8,10,12H,9,11,13H2,1-2H3,(H,20,23). The number of Topliss-reactive ketones (excluding diaryl/α,β-unsaturated/α-hetero) is 1. The van der Waals surface area contributed by atoms with Gasteiger partial charge in [0.05, 0.1) is 6.26 Å². The van der Waals surface area contributed by atoms with Crippen LogP contribution in [-0.2, 0) is 21.4 Å². The Kier molecular flexibility index (Phi) is 6.59. The SMILES string of the molecule is CC(=O)c1ccc(NC(=O)CCN(Cc2cccnc2)S(C)(=O)=O)cc1. The van der Waals surface area contributed by atoms with Crippen molar-refractivity contribution in [2.75, 3.05) is 18.1 Å². The van der Waals surface area contributed by atoms with Crippen LogP contribution in [0.3, 0.4) is 0 Å². The van der Waals surface area contributed by atoms with E-state index in [1.54, 1.807) is 48.8 Å². The third-order valence-corrected chi connectivity index (χ3v) is 4.96. The van der Waals surface area contributed by atoms with Crippen molar-refractivity contribution >= 4 is 27.4 Å². The van der Waals surface area contributed by atoms with Gasteiger partial charge < -0.3 is 5.32 Å². The van der Waals surface area contributed by atoms with Crippen LogP contribution in [0.1, 0.15) is 29.3 Å². The highest BCUT2D eigenvalue weighted by molar-refractivity contribution is 7.88. The Labute approximate surface area is 153 Å². The van der Waals surface area contributed by atoms with Gasteiger partial charge in [0.2, 0.25) is 15.9 Å². The lowest BCUT2D eigenvalue weighted by molar-refractivity contribution is -0.116. The summed E-state index contributed by atoms with van der Waals surface area (Å²) in [5.41, 5.74) is 1.86. The number of nitrogens with zero attached hydrogens (tertiary/aromatic N) is 2. The first-order chi connectivity index (χ1) is 12.3. The molecule has 1 aromatic heterocycles. The molecule has 1 amide bonds. The maximum atomic E-state index is 12.1. The van der Waals surface area contributed by atoms with Gasteiger partial charge in [-0.25, -0.2) is 8.42 Å². The van der Waals surface area contributed by atoms with Crippen LogP contribution in [-0.4, -0.2) is 42.2 Å². The Morgan fingerprint density at radius 3 is 2.38 bits per heavy atom. The molecular weight excluding hydrogens is 354 g/mol. The number of anilines is 1. The van der Waals surface area contributed by atoms with Crippen LogP contribution in [0.2, 0.25) is 0 Å². The van der Waals surface area contributed by atoms with Crippen molar-refractivity contribution in [1.29, 1.82) is 0 Å². The molecule has 1 heterocycles. The minimum Gasteiger partial charge on any atom is -0.326 e. The van der Waals surface area contributed by atoms with Crippen molar-refractivity contribution in [2.24, 2.45) is 0 Å². The topological polar surface area (TPSA) is 96.4 Å². The molecule has 7 nitrogen and oxygen atoms in total. The molecule has 1 aromatic carbocycles. The predicted molar refractivity (Wildman–Crippen MR) is 99.2 cm³/mol. The quantitative estimate of drug-likeness (QED) is 0.713. The summed E-state index contributed by atoms with van der Waals surface area (Å²) in [5.74, 6) is -0.359. The Bertz CT molecular complexity index is 865. The number of ketones is 1. The fourth-order valence-electron chi connectivity index (χ4n) is 2.30. The molecule has 0 radical (unpaired) electrons. The summed E-state index contributed by atoms with van der Waals surface area (Å²) in [6.07, 6.45) is 4.33. The number of hydrogen-bond acceptors (Lipinski definition) is 5. The molecule has 0 spiro atoms. The number of pyridine rings is 1. The number of benzene rings is 1. The zero-order chi connectivity index (χ0) is 19.2. The Morgan fingerprint density at radius 2 is 1.85 bits per heavy atom. The monoisotopic (exact) mass is 375 g/mol. The summed E-state index contributed by atoms with van der Waals surface area (Å²) in [6, 6.07) is 10.0. The van der Waals surface area contributed by atoms with E-state index in [0.717, 1.165) is 11.8 Å². The summed E-state index contributed by atoms with van der Waals surface area (Å²) in [7, 11) is -3.46. The minimum atomic E-state index is -3.46. The molecule has 26 heavy (non-hydrogen) atoms. The van der Waals surface area contributed by atoms with Crippen molar-refractivity contribution < 1.29 is 18.0 Å². The number of aromatic nitrogens is 1. The van der Waals surface area contributed by atoms with Crippen LogP contribution >= 0.6 is 0 Å². The van der Waals surface area contributed by atoms with E-state index in [-0.39, 0.29) is 31.2 Å². The van der Waals surface area contributed by atoms with Gasteiger partial charge >= 0.3 is 0 Å². The molecule has 2 aromatic rings. The van der Waals surface area contributed by atoms with Crippen molar-refractivity contribution in [3.05, 3.63) is 59.9 Å². The molecule has 0 aliphatic carbocycles. The van der Waals surface area contributed by atoms with Gasteiger partial charge in [-0.2, -0.15) is 4.31 Å². The maximum Gasteiger partial charge on any atom is 0.225 e. The third-order valence-electron chi connectivity index (χ3n) is 3.71. The second-order valence-electron chi connectivity index (χ2n) is 5.89. The molecule has 0 aliphatic rings. The van der Waals surface area contributed by atoms with Crippen molar-refractivity contribution in [1.82, 2.24) is 9.29 Å². The highest BCUT2D eigenvalue weighted by Crippen LogP contribution is 2.12. The number of hydrogen-bond donors (Lipinski definition) is 1. The lowest BCUT2D eigenvalue weighted by Gasteiger charge is -2.19. The number of rotatable bonds is 8. The van der Waals surface area contributed by atoms with Gasteiger partial charge in [0, 0.05) is 43.2 Å². The first kappa shape index (κ1) is 19.7. The summed E-state index contributed by atoms with van der Waals surface area (Å²) in [5, 5.41) is 2.69. The molecular formula is C18H21N3O4S. The number of carbonyl (C=O) groups excluding carboxylic acids is 2. The summed E-state index contributed by atoms with van der Waals surface area (Å²) >= 11 is 0. The molecule has 1 N–H and O–H groups in total.